The Bertz CT molecular complexity index is 459. The predicted molar refractivity (Wildman–Crippen MR) is 60.2 cm³/mol. The van der Waals surface area contributed by atoms with E-state index in [0.29, 0.717) is 0 Å². The van der Waals surface area contributed by atoms with Crippen LogP contribution in [0.5, 0.6) is 0 Å². The van der Waals surface area contributed by atoms with E-state index in [1.54, 1.807) is 0 Å². The molecule has 0 spiro atoms. The maximum absolute atomic E-state index is 10.4. The quantitative estimate of drug-likeness (QED) is 0.328. The standard InChI is InChI=1S/C7H8O5.C2H6O3S/c8-4-1-2-7(11,12)5(3-4)6(9)10;1-2-6(3,4)5/h1-3,5,8,11-12H,(H,9,10);2H2,1H3,(H,3,4,5). The fraction of sp³-hybridized carbons (Fsp3) is 0.444. The molecule has 0 radical (unpaired) electrons. The molecule has 1 atom stereocenters. The molecule has 0 amide bonds. The molecule has 5 N–H and O–H groups in total. The smallest absolute Gasteiger partial charge is 0.316 e. The Hall–Kier alpha value is -1.42. The molecule has 1 rings (SSSR count). The first-order chi connectivity index (χ1) is 7.99. The highest BCUT2D eigenvalue weighted by molar-refractivity contribution is 7.85. The first-order valence-electron chi connectivity index (χ1n) is 4.72. The summed E-state index contributed by atoms with van der Waals surface area (Å²) in [5.41, 5.74) is 0. The lowest BCUT2D eigenvalue weighted by molar-refractivity contribution is -0.176. The van der Waals surface area contributed by atoms with Gasteiger partial charge in [0.1, 0.15) is 11.7 Å². The van der Waals surface area contributed by atoms with Crippen LogP contribution in [0.1, 0.15) is 6.92 Å². The van der Waals surface area contributed by atoms with Gasteiger partial charge >= 0.3 is 5.97 Å². The van der Waals surface area contributed by atoms with E-state index >= 15 is 0 Å². The van der Waals surface area contributed by atoms with E-state index in [1.165, 1.54) is 6.92 Å². The number of allylic oxidation sites excluding steroid dienone is 1. The fourth-order valence-electron chi connectivity index (χ4n) is 0.914. The molecular formula is C9H14O8S. The monoisotopic (exact) mass is 282 g/mol. The summed E-state index contributed by atoms with van der Waals surface area (Å²) in [7, 11) is -3.66. The third kappa shape index (κ3) is 5.77. The zero-order chi connectivity index (χ0) is 14.6. The van der Waals surface area contributed by atoms with Crippen LogP contribution in [0, 0.1) is 5.92 Å². The van der Waals surface area contributed by atoms with Crippen molar-refractivity contribution in [3.8, 4) is 0 Å². The second-order valence-corrected chi connectivity index (χ2v) is 5.14. The zero-order valence-electron chi connectivity index (χ0n) is 9.39. The van der Waals surface area contributed by atoms with Gasteiger partial charge in [-0.1, -0.05) is 0 Å². The first kappa shape index (κ1) is 16.6. The average Bonchev–Trinajstić information content (AvgIpc) is 2.21. The van der Waals surface area contributed by atoms with E-state index in [2.05, 4.69) is 0 Å². The van der Waals surface area contributed by atoms with Crippen molar-refractivity contribution >= 4 is 16.1 Å². The van der Waals surface area contributed by atoms with Gasteiger partial charge in [0.25, 0.3) is 10.1 Å². The molecular weight excluding hydrogens is 268 g/mol. The molecule has 1 unspecified atom stereocenters. The van der Waals surface area contributed by atoms with E-state index in [4.69, 9.17) is 25.0 Å². The normalized spacial score (nSPS) is 21.6. The summed E-state index contributed by atoms with van der Waals surface area (Å²) in [6.45, 7) is 1.37. The lowest BCUT2D eigenvalue weighted by Crippen LogP contribution is -2.40. The highest BCUT2D eigenvalue weighted by Crippen LogP contribution is 2.23. The highest BCUT2D eigenvalue weighted by Gasteiger charge is 2.38. The molecule has 0 aromatic carbocycles. The molecule has 9 heteroatoms. The lowest BCUT2D eigenvalue weighted by atomic mass is 9.93. The summed E-state index contributed by atoms with van der Waals surface area (Å²) >= 11 is 0. The van der Waals surface area contributed by atoms with Gasteiger partial charge in [-0.25, -0.2) is 0 Å². The summed E-state index contributed by atoms with van der Waals surface area (Å²) in [5, 5.41) is 35.4. The number of aliphatic hydroxyl groups is 3. The molecule has 1 aliphatic carbocycles. The molecule has 0 saturated carbocycles. The maximum Gasteiger partial charge on any atom is 0.316 e. The van der Waals surface area contributed by atoms with Crippen molar-refractivity contribution in [2.24, 2.45) is 5.92 Å². The van der Waals surface area contributed by atoms with Gasteiger partial charge in [0.15, 0.2) is 0 Å². The number of carboxylic acids is 1. The Morgan fingerprint density at radius 2 is 1.89 bits per heavy atom. The molecule has 1 aliphatic rings. The molecule has 0 saturated heterocycles. The number of aliphatic carboxylic acids is 1. The third-order valence-electron chi connectivity index (χ3n) is 1.93. The van der Waals surface area contributed by atoms with Gasteiger partial charge < -0.3 is 20.4 Å². The van der Waals surface area contributed by atoms with E-state index in [0.717, 1.165) is 18.2 Å². The van der Waals surface area contributed by atoms with E-state index in [-0.39, 0.29) is 11.5 Å². The molecule has 18 heavy (non-hydrogen) atoms. The second-order valence-electron chi connectivity index (χ2n) is 3.39. The van der Waals surface area contributed by atoms with Gasteiger partial charge in [-0.05, 0) is 25.2 Å². The van der Waals surface area contributed by atoms with Crippen LogP contribution < -0.4 is 0 Å². The van der Waals surface area contributed by atoms with Gasteiger partial charge in [0, 0.05) is 0 Å². The molecule has 104 valence electrons. The maximum atomic E-state index is 10.4. The number of carboxylic acid groups (broad SMARTS) is 1. The molecule has 0 aromatic rings. The van der Waals surface area contributed by atoms with Gasteiger partial charge in [-0.2, -0.15) is 8.42 Å². The Morgan fingerprint density at radius 3 is 2.17 bits per heavy atom. The average molecular weight is 282 g/mol. The minimum absolute atomic E-state index is 0.201. The van der Waals surface area contributed by atoms with Gasteiger partial charge in [0.05, 0.1) is 5.75 Å². The molecule has 8 nitrogen and oxygen atoms in total. The zero-order valence-corrected chi connectivity index (χ0v) is 10.2. The fourth-order valence-corrected chi connectivity index (χ4v) is 0.914. The van der Waals surface area contributed by atoms with Crippen LogP contribution in [0.4, 0.5) is 0 Å². The summed E-state index contributed by atoms with van der Waals surface area (Å²) in [5.74, 6) is -5.84. The van der Waals surface area contributed by atoms with Crippen molar-refractivity contribution in [2.75, 3.05) is 5.75 Å². The Kier molecular flexibility index (Phi) is 5.49. The molecule has 0 aliphatic heterocycles. The predicted octanol–water partition coefficient (Wildman–Crippen LogP) is -0.726. The van der Waals surface area contributed by atoms with Crippen LogP contribution in [-0.2, 0) is 14.9 Å². The number of hydrogen-bond acceptors (Lipinski definition) is 6. The number of aliphatic hydroxyl groups excluding tert-OH is 1. The van der Waals surface area contributed by atoms with E-state index in [9.17, 15) is 13.2 Å². The lowest BCUT2D eigenvalue weighted by Gasteiger charge is -2.25. The van der Waals surface area contributed by atoms with Crippen LogP contribution in [0.3, 0.4) is 0 Å². The van der Waals surface area contributed by atoms with E-state index in [1.807, 2.05) is 0 Å². The summed E-state index contributed by atoms with van der Waals surface area (Å²) in [6, 6.07) is 0. The summed E-state index contributed by atoms with van der Waals surface area (Å²) in [6.07, 6.45) is 2.71. The minimum atomic E-state index is -3.66. The number of rotatable bonds is 2. The Morgan fingerprint density at radius 1 is 1.44 bits per heavy atom. The van der Waals surface area contributed by atoms with Crippen molar-refractivity contribution in [1.29, 1.82) is 0 Å². The van der Waals surface area contributed by atoms with Crippen LogP contribution in [0.25, 0.3) is 0 Å². The van der Waals surface area contributed by atoms with Crippen molar-refractivity contribution in [3.63, 3.8) is 0 Å². The minimum Gasteiger partial charge on any atom is -0.508 e. The molecule has 0 bridgehead atoms. The SMILES string of the molecule is CCS(=O)(=O)O.O=C(O)C1C=C(O)C=CC1(O)O. The first-order valence-corrected chi connectivity index (χ1v) is 6.33. The van der Waals surface area contributed by atoms with E-state index < -0.39 is 27.8 Å². The molecule has 0 fully saturated rings. The second kappa shape index (κ2) is 5.96. The van der Waals surface area contributed by atoms with Crippen LogP contribution in [-0.4, -0.2) is 50.9 Å². The number of carbonyl (C=O) groups is 1. The topological polar surface area (TPSA) is 152 Å². The highest BCUT2D eigenvalue weighted by atomic mass is 32.2. The third-order valence-corrected chi connectivity index (χ3v) is 2.66. The van der Waals surface area contributed by atoms with Gasteiger partial charge in [-0.15, -0.1) is 0 Å². The Balaban J connectivity index is 0.000000411. The Labute approximate surface area is 103 Å². The van der Waals surface area contributed by atoms with Gasteiger partial charge in [0.2, 0.25) is 5.79 Å². The van der Waals surface area contributed by atoms with Crippen LogP contribution >= 0.6 is 0 Å². The van der Waals surface area contributed by atoms with Gasteiger partial charge in [-0.3, -0.25) is 9.35 Å². The summed E-state index contributed by atoms with van der Waals surface area (Å²) in [4.78, 5) is 10.4. The van der Waals surface area contributed by atoms with Crippen LogP contribution in [0.2, 0.25) is 0 Å². The summed E-state index contributed by atoms with van der Waals surface area (Å²) < 4.78 is 26.9. The number of hydrogen-bond donors (Lipinski definition) is 5. The molecule has 0 heterocycles. The van der Waals surface area contributed by atoms with Crippen LogP contribution in [0.15, 0.2) is 24.0 Å². The molecule has 0 aromatic heterocycles. The van der Waals surface area contributed by atoms with Crippen molar-refractivity contribution in [2.45, 2.75) is 12.7 Å². The van der Waals surface area contributed by atoms with Crippen molar-refractivity contribution < 1.29 is 38.2 Å². The van der Waals surface area contributed by atoms with Crippen molar-refractivity contribution in [1.82, 2.24) is 0 Å². The largest absolute Gasteiger partial charge is 0.508 e. The van der Waals surface area contributed by atoms with Crippen molar-refractivity contribution in [3.05, 3.63) is 24.0 Å².